The standard InChI is InChI=1S/C18H18F3N5O2/c1-12(27)25-6-8-26(9-7-25)17(28)15-10-16(23-11-22-15)24-14-4-2-13(3-5-14)18(19,20)21/h2-5,10-11H,6-9H2,1H3,(H,22,23,24). The van der Waals surface area contributed by atoms with Crippen LogP contribution < -0.4 is 5.32 Å². The quantitative estimate of drug-likeness (QED) is 0.867. The van der Waals surface area contributed by atoms with Gasteiger partial charge in [-0.2, -0.15) is 13.2 Å². The van der Waals surface area contributed by atoms with Gasteiger partial charge in [-0.1, -0.05) is 0 Å². The van der Waals surface area contributed by atoms with Crippen LogP contribution in [0, 0.1) is 0 Å². The van der Waals surface area contributed by atoms with Gasteiger partial charge >= 0.3 is 6.18 Å². The van der Waals surface area contributed by atoms with Gasteiger partial charge in [0.1, 0.15) is 17.8 Å². The van der Waals surface area contributed by atoms with Crippen LogP contribution in [0.3, 0.4) is 0 Å². The maximum Gasteiger partial charge on any atom is 0.416 e. The summed E-state index contributed by atoms with van der Waals surface area (Å²) >= 11 is 0. The number of carbonyl (C=O) groups excluding carboxylic acids is 2. The monoisotopic (exact) mass is 393 g/mol. The summed E-state index contributed by atoms with van der Waals surface area (Å²) in [5, 5.41) is 2.86. The summed E-state index contributed by atoms with van der Waals surface area (Å²) in [5.41, 5.74) is -0.179. The Morgan fingerprint density at radius 2 is 1.61 bits per heavy atom. The summed E-state index contributed by atoms with van der Waals surface area (Å²) in [6.45, 7) is 3.22. The molecule has 1 aromatic carbocycles. The van der Waals surface area contributed by atoms with Crippen molar-refractivity contribution in [2.75, 3.05) is 31.5 Å². The average molecular weight is 393 g/mol. The molecule has 1 N–H and O–H groups in total. The van der Waals surface area contributed by atoms with Gasteiger partial charge in [0.15, 0.2) is 0 Å². The molecule has 0 saturated carbocycles. The molecule has 28 heavy (non-hydrogen) atoms. The normalized spacial score (nSPS) is 14.7. The van der Waals surface area contributed by atoms with Crippen LogP contribution in [0.2, 0.25) is 0 Å². The second-order valence-electron chi connectivity index (χ2n) is 6.29. The molecule has 1 aliphatic heterocycles. The van der Waals surface area contributed by atoms with E-state index in [1.807, 2.05) is 0 Å². The highest BCUT2D eigenvalue weighted by molar-refractivity contribution is 5.93. The Balaban J connectivity index is 1.67. The molecule has 7 nitrogen and oxygen atoms in total. The molecule has 1 aliphatic rings. The lowest BCUT2D eigenvalue weighted by atomic mass is 10.2. The summed E-state index contributed by atoms with van der Waals surface area (Å²) < 4.78 is 37.9. The maximum atomic E-state index is 12.6. The fourth-order valence-corrected chi connectivity index (χ4v) is 2.82. The van der Waals surface area contributed by atoms with Crippen molar-refractivity contribution in [1.82, 2.24) is 19.8 Å². The van der Waals surface area contributed by atoms with Crippen LogP contribution in [0.5, 0.6) is 0 Å². The number of aromatic nitrogens is 2. The number of nitrogens with zero attached hydrogens (tertiary/aromatic N) is 4. The minimum atomic E-state index is -4.40. The van der Waals surface area contributed by atoms with Gasteiger partial charge in [-0.3, -0.25) is 9.59 Å². The van der Waals surface area contributed by atoms with Crippen molar-refractivity contribution < 1.29 is 22.8 Å². The molecule has 2 amide bonds. The van der Waals surface area contributed by atoms with Gasteiger partial charge in [-0.25, -0.2) is 9.97 Å². The Bertz CT molecular complexity index is 862. The lowest BCUT2D eigenvalue weighted by Gasteiger charge is -2.34. The third kappa shape index (κ3) is 4.56. The fourth-order valence-electron chi connectivity index (χ4n) is 2.82. The number of nitrogens with one attached hydrogen (secondary N) is 1. The Morgan fingerprint density at radius 1 is 1.00 bits per heavy atom. The van der Waals surface area contributed by atoms with Crippen LogP contribution in [-0.2, 0) is 11.0 Å². The van der Waals surface area contributed by atoms with Crippen molar-refractivity contribution in [1.29, 1.82) is 0 Å². The smallest absolute Gasteiger partial charge is 0.340 e. The minimum absolute atomic E-state index is 0.0304. The number of benzene rings is 1. The van der Waals surface area contributed by atoms with Crippen LogP contribution in [-0.4, -0.2) is 57.8 Å². The van der Waals surface area contributed by atoms with Crippen molar-refractivity contribution in [2.45, 2.75) is 13.1 Å². The average Bonchev–Trinajstić information content (AvgIpc) is 2.67. The Morgan fingerprint density at radius 3 is 2.18 bits per heavy atom. The summed E-state index contributed by atoms with van der Waals surface area (Å²) in [4.78, 5) is 35.2. The summed E-state index contributed by atoms with van der Waals surface area (Å²) in [6, 6.07) is 5.94. The van der Waals surface area contributed by atoms with Gasteiger partial charge in [0, 0.05) is 44.9 Å². The fraction of sp³-hybridized carbons (Fsp3) is 0.333. The van der Waals surface area contributed by atoms with Crippen molar-refractivity contribution in [3.05, 3.63) is 47.9 Å². The summed E-state index contributed by atoms with van der Waals surface area (Å²) in [7, 11) is 0. The number of anilines is 2. The number of halogens is 3. The van der Waals surface area contributed by atoms with Gasteiger partial charge in [0.25, 0.3) is 5.91 Å². The molecule has 0 radical (unpaired) electrons. The second kappa shape index (κ2) is 7.83. The highest BCUT2D eigenvalue weighted by Crippen LogP contribution is 2.30. The summed E-state index contributed by atoms with van der Waals surface area (Å²) in [5.74, 6) is -0.0290. The van der Waals surface area contributed by atoms with E-state index in [1.165, 1.54) is 31.5 Å². The molecule has 1 aromatic heterocycles. The number of hydrogen-bond acceptors (Lipinski definition) is 5. The number of carbonyl (C=O) groups is 2. The van der Waals surface area contributed by atoms with E-state index < -0.39 is 11.7 Å². The third-order valence-corrected chi connectivity index (χ3v) is 4.38. The first kappa shape index (κ1) is 19.6. The number of amides is 2. The first-order chi connectivity index (χ1) is 13.2. The molecule has 2 aromatic rings. The van der Waals surface area contributed by atoms with Crippen LogP contribution in [0.15, 0.2) is 36.7 Å². The predicted octanol–water partition coefficient (Wildman–Crippen LogP) is 2.54. The molecule has 0 atom stereocenters. The summed E-state index contributed by atoms with van der Waals surface area (Å²) in [6.07, 6.45) is -3.19. The SMILES string of the molecule is CC(=O)N1CCN(C(=O)c2cc(Nc3ccc(C(F)(F)F)cc3)ncn2)CC1. The Labute approximate surface area is 159 Å². The third-order valence-electron chi connectivity index (χ3n) is 4.38. The zero-order chi connectivity index (χ0) is 20.3. The Hall–Kier alpha value is -3.17. The topological polar surface area (TPSA) is 78.4 Å². The van der Waals surface area contributed by atoms with E-state index in [1.54, 1.807) is 9.80 Å². The van der Waals surface area contributed by atoms with Crippen LogP contribution in [0.25, 0.3) is 0 Å². The highest BCUT2D eigenvalue weighted by Gasteiger charge is 2.30. The van der Waals surface area contributed by atoms with Gasteiger partial charge in [0.2, 0.25) is 5.91 Å². The molecule has 1 fully saturated rings. The van der Waals surface area contributed by atoms with Crippen LogP contribution in [0.4, 0.5) is 24.7 Å². The zero-order valence-corrected chi connectivity index (χ0v) is 15.0. The van der Waals surface area contributed by atoms with Crippen LogP contribution >= 0.6 is 0 Å². The first-order valence-electron chi connectivity index (χ1n) is 8.55. The van der Waals surface area contributed by atoms with Crippen molar-refractivity contribution in [3.8, 4) is 0 Å². The van der Waals surface area contributed by atoms with E-state index in [0.717, 1.165) is 12.1 Å². The van der Waals surface area contributed by atoms with Gasteiger partial charge in [0.05, 0.1) is 5.56 Å². The van der Waals surface area contributed by atoms with E-state index in [9.17, 15) is 22.8 Å². The van der Waals surface area contributed by atoms with E-state index >= 15 is 0 Å². The van der Waals surface area contributed by atoms with Crippen molar-refractivity contribution in [2.24, 2.45) is 0 Å². The van der Waals surface area contributed by atoms with E-state index in [4.69, 9.17) is 0 Å². The number of piperazine rings is 1. The number of rotatable bonds is 3. The van der Waals surface area contributed by atoms with E-state index in [2.05, 4.69) is 15.3 Å². The zero-order valence-electron chi connectivity index (χ0n) is 15.0. The van der Waals surface area contributed by atoms with Gasteiger partial charge in [-0.05, 0) is 24.3 Å². The molecule has 0 spiro atoms. The van der Waals surface area contributed by atoms with Crippen molar-refractivity contribution in [3.63, 3.8) is 0 Å². The largest absolute Gasteiger partial charge is 0.416 e. The lowest BCUT2D eigenvalue weighted by Crippen LogP contribution is -2.50. The second-order valence-corrected chi connectivity index (χ2v) is 6.29. The predicted molar refractivity (Wildman–Crippen MR) is 94.9 cm³/mol. The Kier molecular flexibility index (Phi) is 5.48. The molecule has 3 rings (SSSR count). The van der Waals surface area contributed by atoms with E-state index in [0.29, 0.717) is 37.7 Å². The lowest BCUT2D eigenvalue weighted by molar-refractivity contribution is -0.137. The van der Waals surface area contributed by atoms with Gasteiger partial charge in [-0.15, -0.1) is 0 Å². The number of alkyl halides is 3. The molecular weight excluding hydrogens is 375 g/mol. The molecule has 1 saturated heterocycles. The molecule has 2 heterocycles. The molecule has 0 bridgehead atoms. The first-order valence-corrected chi connectivity index (χ1v) is 8.55. The van der Waals surface area contributed by atoms with E-state index in [-0.39, 0.29) is 17.5 Å². The molecule has 10 heteroatoms. The maximum absolute atomic E-state index is 12.6. The molecule has 148 valence electrons. The molecule has 0 unspecified atom stereocenters. The molecular formula is C18H18F3N5O2. The minimum Gasteiger partial charge on any atom is -0.340 e. The number of hydrogen-bond donors (Lipinski definition) is 1. The van der Waals surface area contributed by atoms with Crippen molar-refractivity contribution >= 4 is 23.3 Å². The molecule has 0 aliphatic carbocycles. The van der Waals surface area contributed by atoms with Crippen LogP contribution in [0.1, 0.15) is 23.0 Å². The highest BCUT2D eigenvalue weighted by atomic mass is 19.4. The van der Waals surface area contributed by atoms with Gasteiger partial charge < -0.3 is 15.1 Å².